The molecule has 0 bridgehead atoms. The van der Waals surface area contributed by atoms with Gasteiger partial charge >= 0.3 is 0 Å². The van der Waals surface area contributed by atoms with Gasteiger partial charge in [0.15, 0.2) is 0 Å². The third-order valence-corrected chi connectivity index (χ3v) is 0.911. The summed E-state index contributed by atoms with van der Waals surface area (Å²) in [7, 11) is 0. The van der Waals surface area contributed by atoms with Crippen LogP contribution in [0, 0.1) is 0 Å². The number of hydrogen-bond acceptors (Lipinski definition) is 3. The lowest BCUT2D eigenvalue weighted by Crippen LogP contribution is -2.30. The van der Waals surface area contributed by atoms with Crippen molar-refractivity contribution in [3.8, 4) is 0 Å². The highest BCUT2D eigenvalue weighted by atomic mass is 32.2. The molecule has 0 aliphatic heterocycles. The van der Waals surface area contributed by atoms with E-state index in [2.05, 4.69) is 6.92 Å². The second kappa shape index (κ2) is 6.39. The van der Waals surface area contributed by atoms with Gasteiger partial charge in [-0.3, -0.25) is 0 Å². The van der Waals surface area contributed by atoms with E-state index in [0.29, 0.717) is 0 Å². The fraction of sp³-hybridized carbons (Fsp3) is 1.00. The van der Waals surface area contributed by atoms with Crippen LogP contribution in [0.4, 0.5) is 0 Å². The van der Waals surface area contributed by atoms with E-state index in [4.69, 9.17) is 10.3 Å². The molecular formula is C6H17NOS. The van der Waals surface area contributed by atoms with Crippen molar-refractivity contribution in [3.63, 3.8) is 0 Å². The van der Waals surface area contributed by atoms with Crippen molar-refractivity contribution in [1.29, 1.82) is 0 Å². The number of rotatable bonds is 1. The summed E-state index contributed by atoms with van der Waals surface area (Å²) in [6.45, 7) is 6.12. The molecule has 0 fully saturated rings. The molecule has 0 rings (SSSR count). The van der Waals surface area contributed by atoms with Gasteiger partial charge in [-0.25, -0.2) is 0 Å². The van der Waals surface area contributed by atoms with Crippen molar-refractivity contribution in [2.45, 2.75) is 32.7 Å². The second-order valence-electron chi connectivity index (χ2n) is 2.52. The molecule has 9 heavy (non-hydrogen) atoms. The van der Waals surface area contributed by atoms with Gasteiger partial charge in [-0.05, 0) is 32.3 Å². The zero-order valence-electron chi connectivity index (χ0n) is 6.64. The van der Waals surface area contributed by atoms with E-state index in [0.717, 1.165) is 18.5 Å². The Balaban J connectivity index is 0. The summed E-state index contributed by atoms with van der Waals surface area (Å²) in [4.78, 5) is 0. The van der Waals surface area contributed by atoms with Gasteiger partial charge in [0, 0.05) is 11.8 Å². The average molecular weight is 151 g/mol. The molecule has 0 radical (unpaired) electrons. The molecule has 0 aromatic carbocycles. The van der Waals surface area contributed by atoms with E-state index < -0.39 is 0 Å². The first-order valence-electron chi connectivity index (χ1n) is 2.94. The summed E-state index contributed by atoms with van der Waals surface area (Å²) in [5.41, 5.74) is 5.58. The molecule has 3 heteroatoms. The Labute approximate surface area is 62.0 Å². The van der Waals surface area contributed by atoms with Crippen LogP contribution in [0.3, 0.4) is 0 Å². The molecule has 0 aromatic rings. The molecule has 0 atom stereocenters. The smallest absolute Gasteiger partial charge is 0.00944 e. The minimum Gasteiger partial charge on any atom is -0.330 e. The standard InChI is InChI=1S/C5H13N.CH4OS/c1-4-5(2,3)6;1-3-2/h4,6H2,1-3H3;2H,1H3. The van der Waals surface area contributed by atoms with Crippen LogP contribution in [0.1, 0.15) is 27.2 Å². The van der Waals surface area contributed by atoms with Gasteiger partial charge in [-0.1, -0.05) is 6.92 Å². The summed E-state index contributed by atoms with van der Waals surface area (Å²) in [5, 5.41) is 0. The minimum atomic E-state index is 0.0417. The molecular weight excluding hydrogens is 134 g/mol. The Hall–Kier alpha value is 0.270. The highest BCUT2D eigenvalue weighted by molar-refractivity contribution is 7.93. The van der Waals surface area contributed by atoms with Gasteiger partial charge in [-0.15, -0.1) is 0 Å². The van der Waals surface area contributed by atoms with Crippen molar-refractivity contribution in [1.82, 2.24) is 0 Å². The van der Waals surface area contributed by atoms with Crippen LogP contribution in [0.5, 0.6) is 0 Å². The van der Waals surface area contributed by atoms with E-state index in [1.807, 2.05) is 13.8 Å². The van der Waals surface area contributed by atoms with Gasteiger partial charge in [-0.2, -0.15) is 0 Å². The Morgan fingerprint density at radius 3 is 1.67 bits per heavy atom. The summed E-state index contributed by atoms with van der Waals surface area (Å²) in [5.74, 6) is 0. The van der Waals surface area contributed by atoms with Crippen molar-refractivity contribution >= 4 is 12.0 Å². The highest BCUT2D eigenvalue weighted by Gasteiger charge is 2.03. The summed E-state index contributed by atoms with van der Waals surface area (Å²) in [6.07, 6.45) is 2.65. The molecule has 0 spiro atoms. The van der Waals surface area contributed by atoms with Crippen molar-refractivity contribution < 1.29 is 4.55 Å². The molecule has 3 N–H and O–H groups in total. The van der Waals surface area contributed by atoms with E-state index in [9.17, 15) is 0 Å². The normalized spacial score (nSPS) is 10.0. The molecule has 0 unspecified atom stereocenters. The van der Waals surface area contributed by atoms with Gasteiger partial charge < -0.3 is 10.3 Å². The molecule has 0 amide bonds. The molecule has 58 valence electrons. The summed E-state index contributed by atoms with van der Waals surface area (Å²) in [6, 6.07) is 0. The fourth-order valence-corrected chi connectivity index (χ4v) is 0. The first-order chi connectivity index (χ1) is 3.97. The molecule has 0 aromatic heterocycles. The lowest BCUT2D eigenvalue weighted by atomic mass is 10.1. The molecule has 0 saturated carbocycles. The molecule has 0 aliphatic rings. The number of hydrogen-bond donors (Lipinski definition) is 2. The molecule has 0 saturated heterocycles. The predicted octanol–water partition coefficient (Wildman–Crippen LogP) is 1.96. The quantitative estimate of drug-likeness (QED) is 0.563. The maximum absolute atomic E-state index is 7.49. The Morgan fingerprint density at radius 1 is 1.56 bits per heavy atom. The maximum Gasteiger partial charge on any atom is 0.00944 e. The topological polar surface area (TPSA) is 46.2 Å². The summed E-state index contributed by atoms with van der Waals surface area (Å²) < 4.78 is 7.49. The van der Waals surface area contributed by atoms with Gasteiger partial charge in [0.05, 0.1) is 0 Å². The van der Waals surface area contributed by atoms with Crippen molar-refractivity contribution in [2.24, 2.45) is 5.73 Å². The van der Waals surface area contributed by atoms with E-state index in [-0.39, 0.29) is 5.54 Å². The van der Waals surface area contributed by atoms with Crippen LogP contribution in [0.25, 0.3) is 0 Å². The third-order valence-electron chi connectivity index (χ3n) is 0.911. The monoisotopic (exact) mass is 151 g/mol. The van der Waals surface area contributed by atoms with Crippen LogP contribution in [0.15, 0.2) is 0 Å². The van der Waals surface area contributed by atoms with Crippen LogP contribution >= 0.6 is 12.0 Å². The van der Waals surface area contributed by atoms with Crippen molar-refractivity contribution in [2.75, 3.05) is 6.26 Å². The number of nitrogens with two attached hydrogens (primary N) is 1. The largest absolute Gasteiger partial charge is 0.330 e. The Bertz CT molecular complexity index is 51.5. The van der Waals surface area contributed by atoms with E-state index >= 15 is 0 Å². The predicted molar refractivity (Wildman–Crippen MR) is 44.7 cm³/mol. The average Bonchev–Trinajstić information content (AvgIpc) is 1.67. The van der Waals surface area contributed by atoms with Gasteiger partial charge in [0.2, 0.25) is 0 Å². The zero-order valence-corrected chi connectivity index (χ0v) is 7.46. The van der Waals surface area contributed by atoms with Crippen molar-refractivity contribution in [3.05, 3.63) is 0 Å². The third kappa shape index (κ3) is 30.4. The zero-order chi connectivity index (χ0) is 7.91. The minimum absolute atomic E-state index is 0.0417. The Kier molecular flexibility index (Phi) is 8.52. The SMILES string of the molecule is CCC(C)(C)N.CSO. The fourth-order valence-electron chi connectivity index (χ4n) is 0. The van der Waals surface area contributed by atoms with Gasteiger partial charge in [0.1, 0.15) is 0 Å². The molecule has 0 heterocycles. The Morgan fingerprint density at radius 2 is 1.67 bits per heavy atom. The molecule has 2 nitrogen and oxygen atoms in total. The first-order valence-corrected chi connectivity index (χ1v) is 4.12. The summed E-state index contributed by atoms with van der Waals surface area (Å²) >= 11 is 0.750. The van der Waals surface area contributed by atoms with E-state index in [1.165, 1.54) is 0 Å². The maximum atomic E-state index is 7.49. The van der Waals surface area contributed by atoms with Crippen LogP contribution in [0.2, 0.25) is 0 Å². The molecule has 0 aliphatic carbocycles. The lowest BCUT2D eigenvalue weighted by Gasteiger charge is -2.13. The lowest BCUT2D eigenvalue weighted by molar-refractivity contribution is 0.501. The van der Waals surface area contributed by atoms with Crippen LogP contribution in [-0.4, -0.2) is 16.3 Å². The first kappa shape index (κ1) is 12.0. The van der Waals surface area contributed by atoms with Crippen LogP contribution < -0.4 is 5.73 Å². The van der Waals surface area contributed by atoms with Crippen LogP contribution in [-0.2, 0) is 0 Å². The second-order valence-corrected chi connectivity index (χ2v) is 2.89. The van der Waals surface area contributed by atoms with Gasteiger partial charge in [0.25, 0.3) is 0 Å². The highest BCUT2D eigenvalue weighted by Crippen LogP contribution is 1.99. The van der Waals surface area contributed by atoms with E-state index in [1.54, 1.807) is 6.26 Å².